The third-order valence-electron chi connectivity index (χ3n) is 3.40. The monoisotopic (exact) mass is 281 g/mol. The van der Waals surface area contributed by atoms with Gasteiger partial charge in [0.15, 0.2) is 0 Å². The van der Waals surface area contributed by atoms with E-state index in [1.54, 1.807) is 0 Å². The van der Waals surface area contributed by atoms with Crippen molar-refractivity contribution < 1.29 is 9.53 Å². The Labute approximate surface area is 121 Å². The summed E-state index contributed by atoms with van der Waals surface area (Å²) in [5.74, 6) is -0.205. The molecule has 0 aliphatic heterocycles. The van der Waals surface area contributed by atoms with Crippen LogP contribution in [0.2, 0.25) is 0 Å². The van der Waals surface area contributed by atoms with Crippen LogP contribution in [-0.4, -0.2) is 28.4 Å². The maximum absolute atomic E-state index is 12.0. The lowest BCUT2D eigenvalue weighted by Gasteiger charge is -2.16. The minimum atomic E-state index is -0.332. The Bertz CT molecular complexity index is 452. The van der Waals surface area contributed by atoms with Gasteiger partial charge in [0.25, 0.3) is 0 Å². The molecule has 1 N–H and O–H groups in total. The van der Waals surface area contributed by atoms with E-state index in [0.717, 1.165) is 17.9 Å². The van der Waals surface area contributed by atoms with Crippen molar-refractivity contribution in [3.05, 3.63) is 17.0 Å². The Hall–Kier alpha value is -1.36. The number of carbonyl (C=O) groups excluding carboxylic acids is 1. The number of carbonyl (C=O) groups is 1. The van der Waals surface area contributed by atoms with Gasteiger partial charge in [0.05, 0.1) is 12.3 Å². The number of nitrogens with zero attached hydrogens (tertiary/aromatic N) is 2. The van der Waals surface area contributed by atoms with Gasteiger partial charge in [-0.15, -0.1) is 0 Å². The lowest BCUT2D eigenvalue weighted by Crippen LogP contribution is -2.24. The van der Waals surface area contributed by atoms with Gasteiger partial charge in [-0.2, -0.15) is 5.10 Å². The Kier molecular flexibility index (Phi) is 6.20. The molecular formula is C15H27N3O2. The molecule has 0 saturated carbocycles. The molecule has 0 amide bonds. The molecule has 5 heteroatoms. The summed E-state index contributed by atoms with van der Waals surface area (Å²) in [5, 5.41) is 7.94. The van der Waals surface area contributed by atoms with E-state index in [4.69, 9.17) is 4.74 Å². The number of esters is 1. The standard InChI is InChI=1S/C15H27N3O2/c1-7-14(15(19)20-8-2)18-12(6)13(11(5)17-18)9-16-10(3)4/h10,14,16H,7-9H2,1-6H3. The minimum Gasteiger partial charge on any atom is -0.464 e. The van der Waals surface area contributed by atoms with Crippen molar-refractivity contribution in [1.82, 2.24) is 15.1 Å². The summed E-state index contributed by atoms with van der Waals surface area (Å²) in [7, 11) is 0. The predicted molar refractivity (Wildman–Crippen MR) is 79.6 cm³/mol. The molecular weight excluding hydrogens is 254 g/mol. The number of rotatable bonds is 7. The normalized spacial score (nSPS) is 12.8. The summed E-state index contributed by atoms with van der Waals surface area (Å²) in [6, 6.07) is 0.0885. The Morgan fingerprint density at radius 3 is 2.50 bits per heavy atom. The van der Waals surface area contributed by atoms with Crippen LogP contribution >= 0.6 is 0 Å². The molecule has 1 aromatic heterocycles. The van der Waals surface area contributed by atoms with E-state index in [9.17, 15) is 4.79 Å². The molecule has 1 aromatic rings. The van der Waals surface area contributed by atoms with Crippen molar-refractivity contribution in [2.75, 3.05) is 6.61 Å². The molecule has 0 radical (unpaired) electrons. The van der Waals surface area contributed by atoms with Gasteiger partial charge in [-0.25, -0.2) is 4.79 Å². The van der Waals surface area contributed by atoms with Gasteiger partial charge in [0.2, 0.25) is 0 Å². The van der Waals surface area contributed by atoms with E-state index < -0.39 is 0 Å². The zero-order chi connectivity index (χ0) is 15.3. The molecule has 0 saturated heterocycles. The summed E-state index contributed by atoms with van der Waals surface area (Å²) in [6.45, 7) is 13.2. The third kappa shape index (κ3) is 3.82. The average molecular weight is 281 g/mol. The number of aromatic nitrogens is 2. The van der Waals surface area contributed by atoms with E-state index in [1.165, 1.54) is 5.56 Å². The molecule has 0 bridgehead atoms. The van der Waals surface area contributed by atoms with Crippen LogP contribution < -0.4 is 5.32 Å². The number of aryl methyl sites for hydroxylation is 1. The molecule has 0 aliphatic carbocycles. The molecule has 5 nitrogen and oxygen atoms in total. The van der Waals surface area contributed by atoms with Gasteiger partial charge in [-0.1, -0.05) is 20.8 Å². The highest BCUT2D eigenvalue weighted by atomic mass is 16.5. The number of hydrogen-bond acceptors (Lipinski definition) is 4. The van der Waals surface area contributed by atoms with Gasteiger partial charge < -0.3 is 10.1 Å². The SMILES string of the molecule is CCOC(=O)C(CC)n1nc(C)c(CNC(C)C)c1C. The van der Waals surface area contributed by atoms with Crippen molar-refractivity contribution in [2.24, 2.45) is 0 Å². The van der Waals surface area contributed by atoms with Crippen molar-refractivity contribution in [3.63, 3.8) is 0 Å². The smallest absolute Gasteiger partial charge is 0.330 e. The molecule has 1 heterocycles. The zero-order valence-corrected chi connectivity index (χ0v) is 13.5. The molecule has 114 valence electrons. The van der Waals surface area contributed by atoms with Crippen LogP contribution in [0.1, 0.15) is 57.1 Å². The fourth-order valence-electron chi connectivity index (χ4n) is 2.24. The minimum absolute atomic E-state index is 0.205. The van der Waals surface area contributed by atoms with Crippen LogP contribution in [0.4, 0.5) is 0 Å². The predicted octanol–water partition coefficient (Wildman–Crippen LogP) is 2.51. The fourth-order valence-corrected chi connectivity index (χ4v) is 2.24. The second-order valence-corrected chi connectivity index (χ2v) is 5.31. The Morgan fingerprint density at radius 1 is 1.35 bits per heavy atom. The Balaban J connectivity index is 3.00. The molecule has 20 heavy (non-hydrogen) atoms. The van der Waals surface area contributed by atoms with Crippen molar-refractivity contribution >= 4 is 5.97 Å². The first kappa shape index (κ1) is 16.7. The Morgan fingerprint density at radius 2 is 2.00 bits per heavy atom. The van der Waals surface area contributed by atoms with Gasteiger partial charge in [0, 0.05) is 23.8 Å². The first-order valence-corrected chi connectivity index (χ1v) is 7.36. The van der Waals surface area contributed by atoms with E-state index in [2.05, 4.69) is 24.3 Å². The number of hydrogen-bond donors (Lipinski definition) is 1. The van der Waals surface area contributed by atoms with Crippen molar-refractivity contribution in [2.45, 2.75) is 66.6 Å². The first-order valence-electron chi connectivity index (χ1n) is 7.36. The molecule has 0 spiro atoms. The summed E-state index contributed by atoms with van der Waals surface area (Å²) >= 11 is 0. The number of ether oxygens (including phenoxy) is 1. The quantitative estimate of drug-likeness (QED) is 0.780. The summed E-state index contributed by atoms with van der Waals surface area (Å²) in [5.41, 5.74) is 3.18. The topological polar surface area (TPSA) is 56.2 Å². The molecule has 1 unspecified atom stereocenters. The molecule has 0 aromatic carbocycles. The fraction of sp³-hybridized carbons (Fsp3) is 0.733. The van der Waals surface area contributed by atoms with Gasteiger partial charge in [-0.3, -0.25) is 4.68 Å². The molecule has 0 aliphatic rings. The van der Waals surface area contributed by atoms with Crippen LogP contribution in [0, 0.1) is 13.8 Å². The van der Waals surface area contributed by atoms with Gasteiger partial charge >= 0.3 is 5.97 Å². The second kappa shape index (κ2) is 7.43. The number of nitrogens with one attached hydrogen (secondary N) is 1. The summed E-state index contributed by atoms with van der Waals surface area (Å²) < 4.78 is 6.95. The lowest BCUT2D eigenvalue weighted by molar-refractivity contribution is -0.147. The maximum Gasteiger partial charge on any atom is 0.330 e. The third-order valence-corrected chi connectivity index (χ3v) is 3.40. The van der Waals surface area contributed by atoms with Crippen LogP contribution in [0.15, 0.2) is 0 Å². The van der Waals surface area contributed by atoms with E-state index in [1.807, 2.05) is 32.4 Å². The molecule has 0 fully saturated rings. The maximum atomic E-state index is 12.0. The van der Waals surface area contributed by atoms with E-state index >= 15 is 0 Å². The van der Waals surface area contributed by atoms with Gasteiger partial charge in [0.1, 0.15) is 6.04 Å². The van der Waals surface area contributed by atoms with E-state index in [-0.39, 0.29) is 12.0 Å². The average Bonchev–Trinajstić information content (AvgIpc) is 2.64. The van der Waals surface area contributed by atoms with Gasteiger partial charge in [-0.05, 0) is 27.2 Å². The van der Waals surface area contributed by atoms with Crippen LogP contribution in [0.25, 0.3) is 0 Å². The summed E-state index contributed by atoms with van der Waals surface area (Å²) in [6.07, 6.45) is 0.678. The van der Waals surface area contributed by atoms with Crippen LogP contribution in [0.5, 0.6) is 0 Å². The van der Waals surface area contributed by atoms with Crippen molar-refractivity contribution in [1.29, 1.82) is 0 Å². The second-order valence-electron chi connectivity index (χ2n) is 5.31. The highest BCUT2D eigenvalue weighted by Crippen LogP contribution is 2.21. The first-order chi connectivity index (χ1) is 9.42. The summed E-state index contributed by atoms with van der Waals surface area (Å²) in [4.78, 5) is 12.0. The highest BCUT2D eigenvalue weighted by molar-refractivity contribution is 5.74. The largest absolute Gasteiger partial charge is 0.464 e. The highest BCUT2D eigenvalue weighted by Gasteiger charge is 2.24. The molecule has 1 atom stereocenters. The molecule has 1 rings (SSSR count). The van der Waals surface area contributed by atoms with Crippen LogP contribution in [0.3, 0.4) is 0 Å². The van der Waals surface area contributed by atoms with Crippen LogP contribution in [-0.2, 0) is 16.1 Å². The van der Waals surface area contributed by atoms with E-state index in [0.29, 0.717) is 19.1 Å². The lowest BCUT2D eigenvalue weighted by atomic mass is 10.1. The van der Waals surface area contributed by atoms with Crippen molar-refractivity contribution in [3.8, 4) is 0 Å². The zero-order valence-electron chi connectivity index (χ0n) is 13.5.